The van der Waals surface area contributed by atoms with Crippen LogP contribution in [0.15, 0.2) is 18.2 Å². The largest absolute Gasteiger partial charge is 0.497 e. The number of ether oxygens (including phenoxy) is 2. The number of amides is 4. The molecule has 1 aromatic carbocycles. The summed E-state index contributed by atoms with van der Waals surface area (Å²) in [6.45, 7) is 4.26. The highest BCUT2D eigenvalue weighted by Crippen LogP contribution is 2.38. The molecule has 2 aliphatic heterocycles. The van der Waals surface area contributed by atoms with Crippen molar-refractivity contribution in [2.24, 2.45) is 0 Å². The summed E-state index contributed by atoms with van der Waals surface area (Å²) in [5.74, 6) is 0.543. The van der Waals surface area contributed by atoms with Gasteiger partial charge in [-0.15, -0.1) is 0 Å². The van der Waals surface area contributed by atoms with Gasteiger partial charge in [0.2, 0.25) is 0 Å². The number of hydrogen-bond donors (Lipinski definition) is 2. The Balaban J connectivity index is 1.69. The third kappa shape index (κ3) is 4.00. The number of methoxy groups -OCH3 is 2. The van der Waals surface area contributed by atoms with E-state index < -0.39 is 23.4 Å². The highest BCUT2D eigenvalue weighted by Gasteiger charge is 2.47. The highest BCUT2D eigenvalue weighted by atomic mass is 16.5. The van der Waals surface area contributed by atoms with Crippen LogP contribution in [0, 0.1) is 0 Å². The minimum atomic E-state index is -0.989. The van der Waals surface area contributed by atoms with E-state index in [9.17, 15) is 14.4 Å². The SMILES string of the molecule is CCC1(C)NC(=O)N(NC(=O)CN2CCCC2c2ccc(OC)cc2OC)C1=O. The molecule has 3 rings (SSSR count). The quantitative estimate of drug-likeness (QED) is 0.670. The fourth-order valence-corrected chi connectivity index (χ4v) is 3.83. The molecule has 1 aromatic rings. The highest BCUT2D eigenvalue weighted by molar-refractivity contribution is 6.07. The predicted octanol–water partition coefficient (Wildman–Crippen LogP) is 1.59. The van der Waals surface area contributed by atoms with Gasteiger partial charge in [-0.25, -0.2) is 4.79 Å². The lowest BCUT2D eigenvalue weighted by Gasteiger charge is -2.26. The van der Waals surface area contributed by atoms with E-state index in [2.05, 4.69) is 10.7 Å². The fourth-order valence-electron chi connectivity index (χ4n) is 3.83. The second-order valence-corrected chi connectivity index (χ2v) is 7.53. The van der Waals surface area contributed by atoms with Gasteiger partial charge in [-0.3, -0.25) is 19.9 Å². The Morgan fingerprint density at radius 1 is 1.31 bits per heavy atom. The zero-order chi connectivity index (χ0) is 21.2. The van der Waals surface area contributed by atoms with E-state index in [0.29, 0.717) is 17.9 Å². The van der Waals surface area contributed by atoms with Crippen molar-refractivity contribution in [1.82, 2.24) is 20.7 Å². The Labute approximate surface area is 170 Å². The first-order chi connectivity index (χ1) is 13.8. The van der Waals surface area contributed by atoms with E-state index >= 15 is 0 Å². The van der Waals surface area contributed by atoms with Gasteiger partial charge in [0.1, 0.15) is 17.0 Å². The molecule has 0 saturated carbocycles. The molecule has 2 heterocycles. The third-order valence-electron chi connectivity index (χ3n) is 5.71. The van der Waals surface area contributed by atoms with Crippen molar-refractivity contribution in [2.75, 3.05) is 27.3 Å². The Kier molecular flexibility index (Phi) is 5.97. The van der Waals surface area contributed by atoms with Gasteiger partial charge in [-0.2, -0.15) is 5.01 Å². The van der Waals surface area contributed by atoms with Crippen molar-refractivity contribution in [3.8, 4) is 11.5 Å². The molecule has 2 saturated heterocycles. The van der Waals surface area contributed by atoms with Crippen LogP contribution in [0.1, 0.15) is 44.7 Å². The lowest BCUT2D eigenvalue weighted by atomic mass is 10.00. The normalized spacial score (nSPS) is 24.6. The molecule has 2 unspecified atom stereocenters. The van der Waals surface area contributed by atoms with E-state index in [1.807, 2.05) is 23.1 Å². The van der Waals surface area contributed by atoms with E-state index in [1.54, 1.807) is 28.1 Å². The van der Waals surface area contributed by atoms with Crippen LogP contribution in [-0.4, -0.2) is 60.6 Å². The molecular weight excluding hydrogens is 376 g/mol. The van der Waals surface area contributed by atoms with Crippen molar-refractivity contribution in [3.63, 3.8) is 0 Å². The molecule has 4 amide bonds. The summed E-state index contributed by atoms with van der Waals surface area (Å²) < 4.78 is 10.8. The lowest BCUT2D eigenvalue weighted by Crippen LogP contribution is -2.51. The van der Waals surface area contributed by atoms with Crippen molar-refractivity contribution >= 4 is 17.8 Å². The molecule has 2 atom stereocenters. The van der Waals surface area contributed by atoms with Crippen LogP contribution in [0.3, 0.4) is 0 Å². The molecule has 0 spiro atoms. The maximum atomic E-state index is 12.6. The second kappa shape index (κ2) is 8.28. The fraction of sp³-hybridized carbons (Fsp3) is 0.550. The van der Waals surface area contributed by atoms with Crippen molar-refractivity contribution in [2.45, 2.75) is 44.7 Å². The number of rotatable bonds is 7. The molecule has 158 valence electrons. The van der Waals surface area contributed by atoms with Gasteiger partial charge >= 0.3 is 6.03 Å². The number of nitrogens with zero attached hydrogens (tertiary/aromatic N) is 2. The molecule has 2 aliphatic rings. The Hall–Kier alpha value is -2.81. The zero-order valence-corrected chi connectivity index (χ0v) is 17.3. The number of nitrogens with one attached hydrogen (secondary N) is 2. The van der Waals surface area contributed by atoms with Crippen molar-refractivity contribution in [3.05, 3.63) is 23.8 Å². The summed E-state index contributed by atoms with van der Waals surface area (Å²) in [7, 11) is 3.20. The van der Waals surface area contributed by atoms with Crippen molar-refractivity contribution < 1.29 is 23.9 Å². The van der Waals surface area contributed by atoms with Crippen LogP contribution in [-0.2, 0) is 9.59 Å². The first-order valence-electron chi connectivity index (χ1n) is 9.75. The van der Waals surface area contributed by atoms with Crippen LogP contribution in [0.4, 0.5) is 4.79 Å². The molecule has 9 heteroatoms. The van der Waals surface area contributed by atoms with Gasteiger partial charge in [0, 0.05) is 17.7 Å². The summed E-state index contributed by atoms with van der Waals surface area (Å²) in [4.78, 5) is 39.2. The predicted molar refractivity (Wildman–Crippen MR) is 105 cm³/mol. The summed E-state index contributed by atoms with van der Waals surface area (Å²) in [6, 6.07) is 5.04. The van der Waals surface area contributed by atoms with Gasteiger partial charge in [-0.1, -0.05) is 13.0 Å². The van der Waals surface area contributed by atoms with Crippen LogP contribution in [0.5, 0.6) is 11.5 Å². The van der Waals surface area contributed by atoms with Crippen molar-refractivity contribution in [1.29, 1.82) is 0 Å². The average molecular weight is 404 g/mol. The van der Waals surface area contributed by atoms with Gasteiger partial charge in [0.15, 0.2) is 0 Å². The molecule has 0 radical (unpaired) electrons. The second-order valence-electron chi connectivity index (χ2n) is 7.53. The number of carbonyl (C=O) groups excluding carboxylic acids is 3. The lowest BCUT2D eigenvalue weighted by molar-refractivity contribution is -0.139. The maximum absolute atomic E-state index is 12.6. The number of carbonyl (C=O) groups is 3. The van der Waals surface area contributed by atoms with Gasteiger partial charge < -0.3 is 14.8 Å². The molecule has 2 fully saturated rings. The molecule has 0 aromatic heterocycles. The molecule has 0 bridgehead atoms. The van der Waals surface area contributed by atoms with Gasteiger partial charge in [0.25, 0.3) is 11.8 Å². The minimum absolute atomic E-state index is 0.00520. The first-order valence-corrected chi connectivity index (χ1v) is 9.75. The van der Waals surface area contributed by atoms with Crippen LogP contribution >= 0.6 is 0 Å². The molecule has 9 nitrogen and oxygen atoms in total. The average Bonchev–Trinajstić information content (AvgIpc) is 3.25. The summed E-state index contributed by atoms with van der Waals surface area (Å²) in [5, 5.41) is 3.40. The molecule has 2 N–H and O–H groups in total. The van der Waals surface area contributed by atoms with Crippen LogP contribution in [0.2, 0.25) is 0 Å². The van der Waals surface area contributed by atoms with E-state index in [1.165, 1.54) is 0 Å². The zero-order valence-electron chi connectivity index (χ0n) is 17.3. The summed E-state index contributed by atoms with van der Waals surface area (Å²) >= 11 is 0. The number of hydrogen-bond acceptors (Lipinski definition) is 6. The number of imide groups is 1. The Morgan fingerprint density at radius 3 is 2.69 bits per heavy atom. The van der Waals surface area contributed by atoms with E-state index in [4.69, 9.17) is 9.47 Å². The topological polar surface area (TPSA) is 100 Å². The first kappa shape index (κ1) is 20.9. The van der Waals surface area contributed by atoms with E-state index in [-0.39, 0.29) is 12.6 Å². The molecular formula is C20H28N4O5. The Morgan fingerprint density at radius 2 is 2.07 bits per heavy atom. The van der Waals surface area contributed by atoms with Crippen LogP contribution in [0.25, 0.3) is 0 Å². The third-order valence-corrected chi connectivity index (χ3v) is 5.71. The van der Waals surface area contributed by atoms with E-state index in [0.717, 1.165) is 30.0 Å². The maximum Gasteiger partial charge on any atom is 0.344 e. The minimum Gasteiger partial charge on any atom is -0.497 e. The summed E-state index contributed by atoms with van der Waals surface area (Å²) in [5.41, 5.74) is 2.44. The molecule has 0 aliphatic carbocycles. The van der Waals surface area contributed by atoms with Crippen LogP contribution < -0.4 is 20.2 Å². The Bertz CT molecular complexity index is 814. The number of hydrazine groups is 1. The molecule has 29 heavy (non-hydrogen) atoms. The van der Waals surface area contributed by atoms with Gasteiger partial charge in [-0.05, 0) is 38.8 Å². The smallest absolute Gasteiger partial charge is 0.344 e. The standard InChI is InChI=1S/C20H28N4O5/c1-5-20(2)18(26)24(19(27)21-20)22-17(25)12-23-10-6-7-15(23)14-9-8-13(28-3)11-16(14)29-4/h8-9,11,15H,5-7,10,12H2,1-4H3,(H,21,27)(H,22,25). The monoisotopic (exact) mass is 404 g/mol. The number of urea groups is 1. The van der Waals surface area contributed by atoms with Gasteiger partial charge in [0.05, 0.1) is 20.8 Å². The summed E-state index contributed by atoms with van der Waals surface area (Å²) in [6.07, 6.45) is 2.26. The number of likely N-dealkylation sites (tertiary alicyclic amines) is 1. The number of benzene rings is 1.